The van der Waals surface area contributed by atoms with Gasteiger partial charge in [-0.3, -0.25) is 5.10 Å². The van der Waals surface area contributed by atoms with Crippen molar-refractivity contribution >= 4 is 27.6 Å². The summed E-state index contributed by atoms with van der Waals surface area (Å²) >= 11 is 3.16. The van der Waals surface area contributed by atoms with Gasteiger partial charge in [-0.15, -0.1) is 21.5 Å². The van der Waals surface area contributed by atoms with E-state index in [9.17, 15) is 0 Å². The summed E-state index contributed by atoms with van der Waals surface area (Å²) in [5, 5.41) is 23.6. The van der Waals surface area contributed by atoms with E-state index in [1.54, 1.807) is 11.3 Å². The number of H-pyrrole nitrogens is 1. The summed E-state index contributed by atoms with van der Waals surface area (Å²) in [5.74, 6) is 1.39. The molecule has 8 heteroatoms. The molecule has 0 atom stereocenters. The van der Waals surface area contributed by atoms with Crippen molar-refractivity contribution in [1.29, 1.82) is 0 Å². The fraction of sp³-hybridized carbons (Fsp3) is 0.333. The summed E-state index contributed by atoms with van der Waals surface area (Å²) < 4.78 is 1.82. The number of aromatic nitrogens is 6. The predicted molar refractivity (Wildman–Crippen MR) is 92.8 cm³/mol. The summed E-state index contributed by atoms with van der Waals surface area (Å²) in [6, 6.07) is 4.15. The first-order chi connectivity index (χ1) is 11.1. The van der Waals surface area contributed by atoms with Crippen molar-refractivity contribution < 1.29 is 0 Å². The fourth-order valence-corrected chi connectivity index (χ4v) is 4.17. The van der Waals surface area contributed by atoms with Gasteiger partial charge in [0.15, 0.2) is 10.8 Å². The Labute approximate surface area is 141 Å². The van der Waals surface area contributed by atoms with Crippen LogP contribution in [0, 0.1) is 12.8 Å². The van der Waals surface area contributed by atoms with Gasteiger partial charge >= 0.3 is 0 Å². The molecule has 0 aromatic carbocycles. The molecular formula is C15H16N6S2. The van der Waals surface area contributed by atoms with Crippen LogP contribution in [-0.4, -0.2) is 30.0 Å². The second-order valence-corrected chi connectivity index (χ2v) is 7.81. The zero-order valence-electron chi connectivity index (χ0n) is 13.1. The van der Waals surface area contributed by atoms with Crippen LogP contribution >= 0.6 is 22.7 Å². The number of nitrogens with one attached hydrogen (secondary N) is 1. The van der Waals surface area contributed by atoms with Crippen LogP contribution in [0.5, 0.6) is 0 Å². The first kappa shape index (κ1) is 14.5. The van der Waals surface area contributed by atoms with Crippen LogP contribution in [0.2, 0.25) is 0 Å². The lowest BCUT2D eigenvalue weighted by molar-refractivity contribution is 0.633. The molecule has 0 saturated carbocycles. The van der Waals surface area contributed by atoms with E-state index in [2.05, 4.69) is 63.8 Å². The molecule has 0 unspecified atom stereocenters. The van der Waals surface area contributed by atoms with Crippen LogP contribution in [0.1, 0.15) is 25.1 Å². The van der Waals surface area contributed by atoms with Crippen LogP contribution in [0.15, 0.2) is 17.5 Å². The Balaban J connectivity index is 1.74. The minimum atomic E-state index is 0.592. The van der Waals surface area contributed by atoms with Crippen LogP contribution in [0.4, 0.5) is 0 Å². The Hall–Kier alpha value is -2.06. The molecule has 23 heavy (non-hydrogen) atoms. The highest BCUT2D eigenvalue weighted by atomic mass is 32.1. The van der Waals surface area contributed by atoms with Crippen LogP contribution in [0.25, 0.3) is 26.4 Å². The number of nitrogens with zero attached hydrogens (tertiary/aromatic N) is 5. The smallest absolute Gasteiger partial charge is 0.235 e. The third-order valence-corrected chi connectivity index (χ3v) is 5.47. The van der Waals surface area contributed by atoms with Crippen LogP contribution in [0.3, 0.4) is 0 Å². The van der Waals surface area contributed by atoms with E-state index in [-0.39, 0.29) is 0 Å². The molecule has 4 aromatic rings. The van der Waals surface area contributed by atoms with E-state index in [1.165, 1.54) is 16.9 Å². The number of aryl methyl sites for hydroxylation is 1. The molecule has 0 aliphatic heterocycles. The molecule has 118 valence electrons. The summed E-state index contributed by atoms with van der Waals surface area (Å²) in [6.45, 7) is 6.46. The Bertz CT molecular complexity index is 958. The van der Waals surface area contributed by atoms with E-state index < -0.39 is 0 Å². The van der Waals surface area contributed by atoms with Crippen molar-refractivity contribution in [3.63, 3.8) is 0 Å². The van der Waals surface area contributed by atoms with Gasteiger partial charge in [0.2, 0.25) is 4.96 Å². The lowest BCUT2D eigenvalue weighted by Gasteiger charge is -1.98. The van der Waals surface area contributed by atoms with Crippen molar-refractivity contribution in [3.05, 3.63) is 28.8 Å². The van der Waals surface area contributed by atoms with Gasteiger partial charge in [-0.2, -0.15) is 14.7 Å². The number of hydrogen-bond acceptors (Lipinski definition) is 6. The van der Waals surface area contributed by atoms with Crippen molar-refractivity contribution in [3.8, 4) is 21.4 Å². The van der Waals surface area contributed by atoms with E-state index >= 15 is 0 Å². The first-order valence-electron chi connectivity index (χ1n) is 7.43. The molecular weight excluding hydrogens is 328 g/mol. The second-order valence-electron chi connectivity index (χ2n) is 5.93. The highest BCUT2D eigenvalue weighted by Crippen LogP contribution is 2.31. The molecule has 0 aliphatic rings. The van der Waals surface area contributed by atoms with Gasteiger partial charge in [0.05, 0.1) is 4.88 Å². The molecule has 6 nitrogen and oxygen atoms in total. The average Bonchev–Trinajstić information content (AvgIpc) is 3.20. The Morgan fingerprint density at radius 3 is 2.91 bits per heavy atom. The molecule has 0 saturated heterocycles. The topological polar surface area (TPSA) is 71.8 Å². The highest BCUT2D eigenvalue weighted by molar-refractivity contribution is 7.19. The standard InChI is InChI=1S/C15H16N6S2/c1-8(2)6-10-7-11(17-16-10)14-20-21-13(18-19-15(21)23-14)12-9(3)4-5-22-12/h4-5,7-8H,6H2,1-3H3,(H,16,17). The normalized spacial score (nSPS) is 11.8. The molecule has 0 bridgehead atoms. The molecule has 0 amide bonds. The highest BCUT2D eigenvalue weighted by Gasteiger charge is 2.18. The molecule has 4 aromatic heterocycles. The Morgan fingerprint density at radius 2 is 2.17 bits per heavy atom. The minimum absolute atomic E-state index is 0.592. The number of thiophene rings is 1. The Morgan fingerprint density at radius 1 is 1.30 bits per heavy atom. The van der Waals surface area contributed by atoms with E-state index in [0.29, 0.717) is 5.92 Å². The third kappa shape index (κ3) is 2.57. The molecule has 0 radical (unpaired) electrons. The van der Waals surface area contributed by atoms with Gasteiger partial charge in [0.1, 0.15) is 5.69 Å². The second kappa shape index (κ2) is 5.54. The SMILES string of the molecule is Cc1ccsc1-c1nnc2sc(-c3cc(CC(C)C)[nH]n3)nn12. The van der Waals surface area contributed by atoms with Crippen molar-refractivity contribution in [1.82, 2.24) is 30.0 Å². The lowest BCUT2D eigenvalue weighted by atomic mass is 10.1. The summed E-state index contributed by atoms with van der Waals surface area (Å²) in [6.07, 6.45) is 0.983. The summed E-state index contributed by atoms with van der Waals surface area (Å²) in [7, 11) is 0. The van der Waals surface area contributed by atoms with Crippen LogP contribution in [-0.2, 0) is 6.42 Å². The van der Waals surface area contributed by atoms with Crippen LogP contribution < -0.4 is 0 Å². The minimum Gasteiger partial charge on any atom is -0.282 e. The first-order valence-corrected chi connectivity index (χ1v) is 9.13. The molecule has 4 rings (SSSR count). The monoisotopic (exact) mass is 344 g/mol. The number of fused-ring (bicyclic) bond motifs is 1. The fourth-order valence-electron chi connectivity index (χ4n) is 2.48. The van der Waals surface area contributed by atoms with Gasteiger partial charge in [-0.05, 0) is 42.3 Å². The van der Waals surface area contributed by atoms with Gasteiger partial charge in [0.25, 0.3) is 0 Å². The molecule has 0 fully saturated rings. The van der Waals surface area contributed by atoms with Crippen molar-refractivity contribution in [2.75, 3.05) is 0 Å². The lowest BCUT2D eigenvalue weighted by Crippen LogP contribution is -1.93. The predicted octanol–water partition coefficient (Wildman–Crippen LogP) is 3.81. The molecule has 4 heterocycles. The average molecular weight is 344 g/mol. The van der Waals surface area contributed by atoms with E-state index in [4.69, 9.17) is 0 Å². The molecule has 0 aliphatic carbocycles. The molecule has 0 spiro atoms. The van der Waals surface area contributed by atoms with Gasteiger partial charge in [-0.25, -0.2) is 0 Å². The maximum absolute atomic E-state index is 4.67. The zero-order valence-corrected chi connectivity index (χ0v) is 14.7. The number of rotatable bonds is 4. The van der Waals surface area contributed by atoms with Gasteiger partial charge in [0, 0.05) is 5.69 Å². The van der Waals surface area contributed by atoms with Crippen molar-refractivity contribution in [2.45, 2.75) is 27.2 Å². The maximum Gasteiger partial charge on any atom is 0.235 e. The van der Waals surface area contributed by atoms with E-state index in [1.807, 2.05) is 4.52 Å². The third-order valence-electron chi connectivity index (χ3n) is 3.53. The van der Waals surface area contributed by atoms with Crippen molar-refractivity contribution in [2.24, 2.45) is 5.92 Å². The quantitative estimate of drug-likeness (QED) is 0.611. The largest absolute Gasteiger partial charge is 0.282 e. The maximum atomic E-state index is 4.67. The number of aromatic amines is 1. The summed E-state index contributed by atoms with van der Waals surface area (Å²) in [5.41, 5.74) is 3.19. The number of hydrogen-bond donors (Lipinski definition) is 1. The van der Waals surface area contributed by atoms with Gasteiger partial charge in [-0.1, -0.05) is 25.2 Å². The molecule has 1 N–H and O–H groups in total. The zero-order chi connectivity index (χ0) is 16.0. The summed E-state index contributed by atoms with van der Waals surface area (Å²) in [4.78, 5) is 1.90. The van der Waals surface area contributed by atoms with E-state index in [0.717, 1.165) is 38.5 Å². The van der Waals surface area contributed by atoms with Gasteiger partial charge < -0.3 is 0 Å². The Kier molecular flexibility index (Phi) is 3.50.